The third-order valence-corrected chi connectivity index (χ3v) is 3.36. The monoisotopic (exact) mass is 294 g/mol. The lowest BCUT2D eigenvalue weighted by Crippen LogP contribution is -1.95. The van der Waals surface area contributed by atoms with Gasteiger partial charge < -0.3 is 14.2 Å². The number of fused-ring (bicyclic) bond motifs is 1. The number of hydrogen-bond acceptors (Lipinski definition) is 3. The highest BCUT2D eigenvalue weighted by Crippen LogP contribution is 2.38. The minimum atomic E-state index is 0.257. The fourth-order valence-electron chi connectivity index (χ4n) is 2.28. The van der Waals surface area contributed by atoms with Crippen molar-refractivity contribution in [2.75, 3.05) is 13.4 Å². The molecule has 0 saturated heterocycles. The Morgan fingerprint density at radius 2 is 1.86 bits per heavy atom. The van der Waals surface area contributed by atoms with Crippen molar-refractivity contribution in [2.45, 2.75) is 6.42 Å². The van der Waals surface area contributed by atoms with Crippen molar-refractivity contribution in [1.29, 1.82) is 0 Å². The van der Waals surface area contributed by atoms with E-state index in [1.165, 1.54) is 5.56 Å². The zero-order valence-corrected chi connectivity index (χ0v) is 12.3. The van der Waals surface area contributed by atoms with E-state index in [0.717, 1.165) is 29.2 Å². The summed E-state index contributed by atoms with van der Waals surface area (Å²) in [5.74, 6) is 2.25. The zero-order valence-electron chi connectivity index (χ0n) is 12.3. The summed E-state index contributed by atoms with van der Waals surface area (Å²) in [5.41, 5.74) is 2.25. The maximum Gasteiger partial charge on any atom is 0.231 e. The van der Waals surface area contributed by atoms with Crippen LogP contribution in [0.3, 0.4) is 0 Å². The van der Waals surface area contributed by atoms with Crippen LogP contribution in [0.1, 0.15) is 11.1 Å². The molecule has 0 unspecified atom stereocenters. The lowest BCUT2D eigenvalue weighted by molar-refractivity contribution is 0.174. The summed E-state index contributed by atoms with van der Waals surface area (Å²) in [6, 6.07) is 14.1. The molecule has 3 rings (SSSR count). The van der Waals surface area contributed by atoms with E-state index in [9.17, 15) is 0 Å². The van der Waals surface area contributed by atoms with Crippen molar-refractivity contribution in [3.63, 3.8) is 0 Å². The molecule has 1 heterocycles. The van der Waals surface area contributed by atoms with Gasteiger partial charge in [0, 0.05) is 11.6 Å². The molecular formula is C19H18O3. The van der Waals surface area contributed by atoms with Gasteiger partial charge >= 0.3 is 0 Å². The van der Waals surface area contributed by atoms with Gasteiger partial charge in [-0.2, -0.15) is 0 Å². The molecule has 0 atom stereocenters. The van der Waals surface area contributed by atoms with Gasteiger partial charge in [0.15, 0.2) is 11.5 Å². The zero-order chi connectivity index (χ0) is 15.2. The normalized spacial score (nSPS) is 12.5. The molecule has 0 fully saturated rings. The Hall–Kier alpha value is -2.68. The van der Waals surface area contributed by atoms with Gasteiger partial charge in [0.05, 0.1) is 0 Å². The first kappa shape index (κ1) is 14.3. The number of ether oxygens (including phenoxy) is 3. The summed E-state index contributed by atoms with van der Waals surface area (Å²) < 4.78 is 16.5. The van der Waals surface area contributed by atoms with Crippen LogP contribution in [0.5, 0.6) is 17.2 Å². The lowest BCUT2D eigenvalue weighted by Gasteiger charge is -2.09. The molecule has 3 nitrogen and oxygen atoms in total. The third kappa shape index (κ3) is 3.31. The second-order valence-corrected chi connectivity index (χ2v) is 4.94. The summed E-state index contributed by atoms with van der Waals surface area (Å²) >= 11 is 0. The topological polar surface area (TPSA) is 27.7 Å². The van der Waals surface area contributed by atoms with Crippen molar-refractivity contribution < 1.29 is 14.2 Å². The number of benzene rings is 2. The van der Waals surface area contributed by atoms with E-state index in [1.54, 1.807) is 6.08 Å². The smallest absolute Gasteiger partial charge is 0.231 e. The highest BCUT2D eigenvalue weighted by Gasteiger charge is 2.16. The van der Waals surface area contributed by atoms with E-state index in [1.807, 2.05) is 36.4 Å². The van der Waals surface area contributed by atoms with E-state index in [2.05, 4.69) is 24.8 Å². The van der Waals surface area contributed by atoms with E-state index in [4.69, 9.17) is 14.2 Å². The Morgan fingerprint density at radius 1 is 1.09 bits per heavy atom. The molecule has 0 N–H and O–H groups in total. The van der Waals surface area contributed by atoms with Gasteiger partial charge in [-0.15, -0.1) is 0 Å². The fraction of sp³-hybridized carbons (Fsp3) is 0.158. The van der Waals surface area contributed by atoms with Crippen molar-refractivity contribution in [3.8, 4) is 17.2 Å². The highest BCUT2D eigenvalue weighted by atomic mass is 16.7. The van der Waals surface area contributed by atoms with Crippen molar-refractivity contribution in [3.05, 3.63) is 72.3 Å². The molecule has 1 aliphatic rings. The summed E-state index contributed by atoms with van der Waals surface area (Å²) in [5, 5.41) is 0. The Bertz CT molecular complexity index is 675. The molecular weight excluding hydrogens is 276 g/mol. The molecule has 0 spiro atoms. The van der Waals surface area contributed by atoms with Crippen LogP contribution in [0.25, 0.3) is 6.08 Å². The summed E-state index contributed by atoms with van der Waals surface area (Å²) in [4.78, 5) is 0. The number of hydrogen-bond donors (Lipinski definition) is 0. The average Bonchev–Trinajstić information content (AvgIpc) is 3.01. The molecule has 0 saturated carbocycles. The summed E-state index contributed by atoms with van der Waals surface area (Å²) in [6.45, 7) is 4.40. The van der Waals surface area contributed by atoms with Crippen LogP contribution < -0.4 is 14.2 Å². The highest BCUT2D eigenvalue weighted by molar-refractivity contribution is 5.64. The van der Waals surface area contributed by atoms with Gasteiger partial charge in [-0.1, -0.05) is 55.1 Å². The van der Waals surface area contributed by atoms with Crippen LogP contribution in [-0.4, -0.2) is 13.4 Å². The minimum absolute atomic E-state index is 0.257. The van der Waals surface area contributed by atoms with Gasteiger partial charge in [-0.25, -0.2) is 0 Å². The van der Waals surface area contributed by atoms with Crippen LogP contribution in [0.15, 0.2) is 61.2 Å². The Morgan fingerprint density at radius 3 is 2.64 bits per heavy atom. The molecule has 0 radical (unpaired) electrons. The van der Waals surface area contributed by atoms with E-state index >= 15 is 0 Å². The SMILES string of the molecule is C=CCOc1cc2c(cc1/C=C/Cc1ccccc1)OCO2. The second-order valence-electron chi connectivity index (χ2n) is 4.94. The third-order valence-electron chi connectivity index (χ3n) is 3.36. The largest absolute Gasteiger partial charge is 0.489 e. The van der Waals surface area contributed by atoms with Crippen LogP contribution in [-0.2, 0) is 6.42 Å². The Kier molecular flexibility index (Phi) is 4.44. The van der Waals surface area contributed by atoms with E-state index in [0.29, 0.717) is 6.61 Å². The molecule has 0 bridgehead atoms. The quantitative estimate of drug-likeness (QED) is 0.746. The molecule has 2 aromatic carbocycles. The Balaban J connectivity index is 1.80. The molecule has 112 valence electrons. The van der Waals surface area contributed by atoms with Gasteiger partial charge in [0.25, 0.3) is 0 Å². The summed E-state index contributed by atoms with van der Waals surface area (Å²) in [6.07, 6.45) is 6.76. The minimum Gasteiger partial charge on any atom is -0.489 e. The average molecular weight is 294 g/mol. The van der Waals surface area contributed by atoms with Crippen molar-refractivity contribution in [1.82, 2.24) is 0 Å². The molecule has 1 aliphatic heterocycles. The standard InChI is InChI=1S/C19H18O3/c1-2-11-20-17-13-19-18(21-14-22-19)12-16(17)10-6-9-15-7-4-3-5-8-15/h2-8,10,12-13H,1,9,11,14H2/b10-6+. The fourth-order valence-corrected chi connectivity index (χ4v) is 2.28. The van der Waals surface area contributed by atoms with E-state index in [-0.39, 0.29) is 6.79 Å². The molecule has 0 amide bonds. The van der Waals surface area contributed by atoms with Crippen molar-refractivity contribution >= 4 is 6.08 Å². The van der Waals surface area contributed by atoms with Crippen LogP contribution in [0.4, 0.5) is 0 Å². The number of rotatable bonds is 6. The molecule has 22 heavy (non-hydrogen) atoms. The first-order chi connectivity index (χ1) is 10.9. The maximum atomic E-state index is 5.71. The maximum absolute atomic E-state index is 5.71. The van der Waals surface area contributed by atoms with Crippen LogP contribution in [0, 0.1) is 0 Å². The predicted octanol–water partition coefficient (Wildman–Crippen LogP) is 4.24. The Labute approximate surface area is 130 Å². The molecule has 0 aliphatic carbocycles. The number of allylic oxidation sites excluding steroid dienone is 1. The van der Waals surface area contributed by atoms with Gasteiger partial charge in [-0.05, 0) is 18.1 Å². The van der Waals surface area contributed by atoms with E-state index < -0.39 is 0 Å². The van der Waals surface area contributed by atoms with Gasteiger partial charge in [0.2, 0.25) is 6.79 Å². The second kappa shape index (κ2) is 6.85. The molecule has 2 aromatic rings. The van der Waals surface area contributed by atoms with Crippen LogP contribution >= 0.6 is 0 Å². The molecule has 3 heteroatoms. The van der Waals surface area contributed by atoms with Crippen LogP contribution in [0.2, 0.25) is 0 Å². The first-order valence-corrected chi connectivity index (χ1v) is 7.24. The van der Waals surface area contributed by atoms with Crippen molar-refractivity contribution in [2.24, 2.45) is 0 Å². The van der Waals surface area contributed by atoms with Gasteiger partial charge in [0.1, 0.15) is 12.4 Å². The first-order valence-electron chi connectivity index (χ1n) is 7.24. The summed E-state index contributed by atoms with van der Waals surface area (Å²) in [7, 11) is 0. The van der Waals surface area contributed by atoms with Gasteiger partial charge in [-0.3, -0.25) is 0 Å². The lowest BCUT2D eigenvalue weighted by atomic mass is 10.1. The predicted molar refractivity (Wildman–Crippen MR) is 87.4 cm³/mol. The molecule has 0 aromatic heterocycles.